The van der Waals surface area contributed by atoms with Gasteiger partial charge in [-0.3, -0.25) is 0 Å². The lowest BCUT2D eigenvalue weighted by Gasteiger charge is -2.27. The molecule has 22 heavy (non-hydrogen) atoms. The summed E-state index contributed by atoms with van der Waals surface area (Å²) in [5.41, 5.74) is 3.06. The van der Waals surface area contributed by atoms with Crippen molar-refractivity contribution in [1.82, 2.24) is 0 Å². The predicted octanol–water partition coefficient (Wildman–Crippen LogP) is 4.60. The van der Waals surface area contributed by atoms with Gasteiger partial charge in [0.25, 0.3) is 0 Å². The second-order valence-corrected chi connectivity index (χ2v) is 7.92. The molecule has 2 aliphatic rings. The Kier molecular flexibility index (Phi) is 3.36. The van der Waals surface area contributed by atoms with Crippen molar-refractivity contribution in [3.05, 3.63) is 48.0 Å². The van der Waals surface area contributed by atoms with Crippen LogP contribution in [-0.4, -0.2) is 4.89 Å². The first kappa shape index (κ1) is 14.0. The Morgan fingerprint density at radius 2 is 1.77 bits per heavy atom. The van der Waals surface area contributed by atoms with Crippen molar-refractivity contribution < 1.29 is 14.0 Å². The monoisotopic (exact) mass is 314 g/mol. The Hall–Kier alpha value is -1.57. The quantitative estimate of drug-likeness (QED) is 0.782. The molecule has 1 saturated carbocycles. The summed E-state index contributed by atoms with van der Waals surface area (Å²) < 4.78 is 17.8. The van der Waals surface area contributed by atoms with Gasteiger partial charge in [0.05, 0.1) is 5.30 Å². The SMILES string of the molecule is O=P1(O)Oc2ccccc2-c2cc(C3CCCCC3)ccc21. The largest absolute Gasteiger partial charge is 0.421 e. The number of rotatable bonds is 1. The molecule has 3 nitrogen and oxygen atoms in total. The van der Waals surface area contributed by atoms with Crippen molar-refractivity contribution in [3.63, 3.8) is 0 Å². The molecule has 0 bridgehead atoms. The first-order valence-corrected chi connectivity index (χ1v) is 9.49. The number of hydrogen-bond donors (Lipinski definition) is 1. The smallest absolute Gasteiger partial charge is 0.408 e. The van der Waals surface area contributed by atoms with Gasteiger partial charge in [0.15, 0.2) is 0 Å². The van der Waals surface area contributed by atoms with E-state index in [4.69, 9.17) is 4.52 Å². The molecular formula is C18H19O3P. The molecular weight excluding hydrogens is 295 g/mol. The summed E-state index contributed by atoms with van der Waals surface area (Å²) in [5, 5.41) is 0.422. The maximum atomic E-state index is 12.4. The fourth-order valence-corrected chi connectivity index (χ4v) is 4.93. The van der Waals surface area contributed by atoms with Crippen LogP contribution in [0.5, 0.6) is 5.75 Å². The van der Waals surface area contributed by atoms with Gasteiger partial charge in [0.2, 0.25) is 0 Å². The second kappa shape index (κ2) is 5.26. The lowest BCUT2D eigenvalue weighted by molar-refractivity contribution is 0.392. The Morgan fingerprint density at radius 1 is 1.00 bits per heavy atom. The van der Waals surface area contributed by atoms with Gasteiger partial charge in [-0.15, -0.1) is 0 Å². The number of benzene rings is 2. The average Bonchev–Trinajstić information content (AvgIpc) is 2.55. The summed E-state index contributed by atoms with van der Waals surface area (Å²) in [6.07, 6.45) is 6.31. The first-order valence-electron chi connectivity index (χ1n) is 7.91. The van der Waals surface area contributed by atoms with Crippen LogP contribution < -0.4 is 9.83 Å². The minimum absolute atomic E-state index is 0.422. The number of fused-ring (bicyclic) bond motifs is 3. The van der Waals surface area contributed by atoms with Crippen LogP contribution in [-0.2, 0) is 4.57 Å². The van der Waals surface area contributed by atoms with E-state index in [0.717, 1.165) is 11.1 Å². The van der Waals surface area contributed by atoms with Crippen LogP contribution in [0.3, 0.4) is 0 Å². The highest BCUT2D eigenvalue weighted by Gasteiger charge is 2.34. The van der Waals surface area contributed by atoms with Crippen molar-refractivity contribution in [3.8, 4) is 16.9 Å². The zero-order chi connectivity index (χ0) is 15.2. The Balaban J connectivity index is 1.85. The van der Waals surface area contributed by atoms with Crippen LogP contribution >= 0.6 is 7.60 Å². The third kappa shape index (κ3) is 2.29. The third-order valence-electron chi connectivity index (χ3n) is 4.80. The molecule has 4 rings (SSSR count). The predicted molar refractivity (Wildman–Crippen MR) is 87.8 cm³/mol. The maximum Gasteiger partial charge on any atom is 0.408 e. The van der Waals surface area contributed by atoms with E-state index in [1.165, 1.54) is 37.7 Å². The molecule has 114 valence electrons. The van der Waals surface area contributed by atoms with Crippen LogP contribution in [0.2, 0.25) is 0 Å². The molecule has 1 heterocycles. The first-order chi connectivity index (χ1) is 10.6. The van der Waals surface area contributed by atoms with Gasteiger partial charge in [-0.2, -0.15) is 0 Å². The van der Waals surface area contributed by atoms with Crippen LogP contribution in [0, 0.1) is 0 Å². The summed E-state index contributed by atoms with van der Waals surface area (Å²) in [4.78, 5) is 10.2. The Bertz CT molecular complexity index is 763. The normalized spacial score (nSPS) is 24.2. The molecule has 1 atom stereocenters. The fourth-order valence-electron chi connectivity index (χ4n) is 3.66. The van der Waals surface area contributed by atoms with E-state index in [2.05, 4.69) is 6.07 Å². The molecule has 4 heteroatoms. The summed E-state index contributed by atoms with van der Waals surface area (Å²) in [7, 11) is -3.77. The van der Waals surface area contributed by atoms with Crippen LogP contribution in [0.1, 0.15) is 43.6 Å². The molecule has 1 unspecified atom stereocenters. The molecule has 0 amide bonds. The lowest BCUT2D eigenvalue weighted by Crippen LogP contribution is -2.18. The van der Waals surface area contributed by atoms with Gasteiger partial charge < -0.3 is 9.42 Å². The Labute approximate surface area is 130 Å². The van der Waals surface area contributed by atoms with Crippen LogP contribution in [0.4, 0.5) is 0 Å². The van der Waals surface area contributed by atoms with E-state index >= 15 is 0 Å². The van der Waals surface area contributed by atoms with Gasteiger partial charge in [0.1, 0.15) is 5.75 Å². The van der Waals surface area contributed by atoms with Crippen molar-refractivity contribution >= 4 is 12.9 Å². The van der Waals surface area contributed by atoms with Gasteiger partial charge in [-0.25, -0.2) is 4.57 Å². The summed E-state index contributed by atoms with van der Waals surface area (Å²) >= 11 is 0. The zero-order valence-electron chi connectivity index (χ0n) is 12.4. The van der Waals surface area contributed by atoms with E-state index in [0.29, 0.717) is 17.0 Å². The fraction of sp³-hybridized carbons (Fsp3) is 0.333. The van der Waals surface area contributed by atoms with Crippen molar-refractivity contribution in [2.24, 2.45) is 0 Å². The lowest BCUT2D eigenvalue weighted by atomic mass is 9.83. The minimum Gasteiger partial charge on any atom is -0.421 e. The van der Waals surface area contributed by atoms with E-state index in [-0.39, 0.29) is 0 Å². The standard InChI is InChI=1S/C18H19O3P/c19-22(20)18-11-10-14(13-6-2-1-3-7-13)12-16(18)15-8-4-5-9-17(15)21-22/h4-5,8-13H,1-3,6-7H2,(H,19,20). The van der Waals surface area contributed by atoms with Crippen molar-refractivity contribution in [1.29, 1.82) is 0 Å². The van der Waals surface area contributed by atoms with E-state index in [9.17, 15) is 9.46 Å². The minimum atomic E-state index is -3.77. The summed E-state index contributed by atoms with van der Waals surface area (Å²) in [5.74, 6) is 1.08. The molecule has 1 N–H and O–H groups in total. The van der Waals surface area contributed by atoms with E-state index < -0.39 is 7.60 Å². The summed E-state index contributed by atoms with van der Waals surface area (Å²) in [6.45, 7) is 0. The van der Waals surface area contributed by atoms with Crippen molar-refractivity contribution in [2.75, 3.05) is 0 Å². The molecule has 2 aromatic rings. The molecule has 1 fully saturated rings. The van der Waals surface area contributed by atoms with E-state index in [1.807, 2.05) is 24.3 Å². The molecule has 0 radical (unpaired) electrons. The molecule has 1 aliphatic carbocycles. The summed E-state index contributed by atoms with van der Waals surface area (Å²) in [6, 6.07) is 13.4. The van der Waals surface area contributed by atoms with Crippen LogP contribution in [0.25, 0.3) is 11.1 Å². The highest BCUT2D eigenvalue weighted by atomic mass is 31.2. The Morgan fingerprint density at radius 3 is 2.59 bits per heavy atom. The molecule has 2 aromatic carbocycles. The number of para-hydroxylation sites is 1. The highest BCUT2D eigenvalue weighted by molar-refractivity contribution is 7.62. The average molecular weight is 314 g/mol. The molecule has 0 aromatic heterocycles. The second-order valence-electron chi connectivity index (χ2n) is 6.22. The highest BCUT2D eigenvalue weighted by Crippen LogP contribution is 2.52. The van der Waals surface area contributed by atoms with Gasteiger partial charge >= 0.3 is 7.60 Å². The maximum absolute atomic E-state index is 12.4. The van der Waals surface area contributed by atoms with Crippen molar-refractivity contribution in [2.45, 2.75) is 38.0 Å². The van der Waals surface area contributed by atoms with Gasteiger partial charge in [-0.1, -0.05) is 43.5 Å². The third-order valence-corrected chi connectivity index (χ3v) is 6.24. The molecule has 0 saturated heterocycles. The molecule has 1 aliphatic heterocycles. The molecule has 0 spiro atoms. The topological polar surface area (TPSA) is 46.5 Å². The van der Waals surface area contributed by atoms with E-state index in [1.54, 1.807) is 12.1 Å². The van der Waals surface area contributed by atoms with Gasteiger partial charge in [0, 0.05) is 11.1 Å². The number of hydrogen-bond acceptors (Lipinski definition) is 2. The zero-order valence-corrected chi connectivity index (χ0v) is 13.3. The van der Waals surface area contributed by atoms with Gasteiger partial charge in [-0.05, 0) is 42.5 Å². The van der Waals surface area contributed by atoms with Crippen LogP contribution in [0.15, 0.2) is 42.5 Å².